The van der Waals surface area contributed by atoms with Gasteiger partial charge in [0.25, 0.3) is 0 Å². The molecule has 0 unspecified atom stereocenters. The Bertz CT molecular complexity index is 5840. The fraction of sp³-hybridized carbons (Fsp3) is 0.131. The van der Waals surface area contributed by atoms with E-state index in [1.165, 1.54) is 30.3 Å². The van der Waals surface area contributed by atoms with Crippen LogP contribution in [0.25, 0.3) is 132 Å². The highest BCUT2D eigenvalue weighted by Gasteiger charge is 2.41. The van der Waals surface area contributed by atoms with Gasteiger partial charge in [0.15, 0.2) is 0 Å². The monoisotopic (exact) mass is 1310 g/mol. The van der Waals surface area contributed by atoms with Crippen molar-refractivity contribution in [1.29, 1.82) is 5.26 Å². The summed E-state index contributed by atoms with van der Waals surface area (Å²) < 4.78 is 141. The highest BCUT2D eigenvalue weighted by molar-refractivity contribution is 6.17. The van der Waals surface area contributed by atoms with E-state index >= 15 is 13.2 Å². The lowest BCUT2D eigenvalue weighted by molar-refractivity contribution is -0.139. The molecule has 0 bridgehead atoms. The van der Waals surface area contributed by atoms with Crippen molar-refractivity contribution in [1.82, 2.24) is 18.3 Å². The summed E-state index contributed by atoms with van der Waals surface area (Å²) in [6.07, 6.45) is -14.5. The normalized spacial score (nSPS) is 12.3. The number of benzene rings is 12. The highest BCUT2D eigenvalue weighted by Crippen LogP contribution is 2.50. The van der Waals surface area contributed by atoms with Gasteiger partial charge in [-0.05, 0) is 202 Å². The minimum atomic E-state index is -4.99. The SMILES string of the molecule is Cc1cccc2c1c1c(C)cccc1n2-c1cc(-c2ccccc2C(F)(F)F)c(C(F)(F)F)cc1-n1c2cccc(C)c2c2c(C)cccc21.Cc1cccc2c1c1c(C)cccc1n2-c1cc(C#N)c(-c2ccccc2C(F)(F)F)cc1-n1c2cccc(C)c2c2c(C)cccc21. The van der Waals surface area contributed by atoms with E-state index in [1.54, 1.807) is 18.2 Å². The Labute approximate surface area is 557 Å². The summed E-state index contributed by atoms with van der Waals surface area (Å²) in [4.78, 5) is 0. The van der Waals surface area contributed by atoms with Gasteiger partial charge in [-0.15, -0.1) is 0 Å². The van der Waals surface area contributed by atoms with Gasteiger partial charge in [-0.25, -0.2) is 0 Å². The van der Waals surface area contributed by atoms with Crippen LogP contribution in [0.1, 0.15) is 66.8 Å². The topological polar surface area (TPSA) is 43.5 Å². The standard InChI is InChI=1S/C42H30F6N2.C42H30F3N3/c1-23-11-7-17-31-37(23)38-24(2)12-8-18-32(38)49(31)35-21-28(27-15-5-6-16-29(27)41(43,44)45)30(42(46,47)48)22-36(35)50-33-19-9-13-25(3)39(33)40-26(4)14-10-20-34(40)50;1-24-11-7-17-32-38(24)39-25(2)12-8-18-33(39)47(32)36-21-28(23-46)30(29-15-5-6-16-31(29)42(43,44)45)22-37(36)48-34-19-9-13-26(3)40(34)41-27(4)14-10-20-35(41)48/h5-22H,1-4H3;5-22H,1-4H3. The molecule has 0 aliphatic rings. The molecule has 5 nitrogen and oxygen atoms in total. The van der Waals surface area contributed by atoms with Crippen LogP contribution in [0.4, 0.5) is 39.5 Å². The third kappa shape index (κ3) is 9.75. The van der Waals surface area contributed by atoms with Gasteiger partial charge in [0.1, 0.15) is 0 Å². The molecule has 0 aliphatic heterocycles. The lowest BCUT2D eigenvalue weighted by atomic mass is 9.93. The fourth-order valence-corrected chi connectivity index (χ4v) is 15.4. The number of fused-ring (bicyclic) bond motifs is 12. The smallest absolute Gasteiger partial charge is 0.307 e. The number of nitriles is 1. The van der Waals surface area contributed by atoms with E-state index in [9.17, 15) is 31.6 Å². The van der Waals surface area contributed by atoms with Crippen LogP contribution in [-0.4, -0.2) is 18.3 Å². The molecular formula is C84H60F9N5. The molecule has 484 valence electrons. The first-order valence-corrected chi connectivity index (χ1v) is 32.0. The number of nitrogens with zero attached hydrogens (tertiary/aromatic N) is 5. The Morgan fingerprint density at radius 2 is 0.469 bits per heavy atom. The number of aryl methyl sites for hydroxylation is 8. The first-order chi connectivity index (χ1) is 46.9. The number of hydrogen-bond acceptors (Lipinski definition) is 1. The second-order valence-corrected chi connectivity index (χ2v) is 25.6. The van der Waals surface area contributed by atoms with Crippen molar-refractivity contribution in [2.45, 2.75) is 73.9 Å². The molecule has 0 aliphatic carbocycles. The molecule has 98 heavy (non-hydrogen) atoms. The fourth-order valence-electron chi connectivity index (χ4n) is 15.4. The molecule has 16 rings (SSSR count). The first kappa shape index (κ1) is 62.8. The van der Waals surface area contributed by atoms with Crippen molar-refractivity contribution < 1.29 is 39.5 Å². The van der Waals surface area contributed by atoms with Crippen LogP contribution in [-0.2, 0) is 18.5 Å². The van der Waals surface area contributed by atoms with Gasteiger partial charge < -0.3 is 18.3 Å². The molecule has 4 aromatic heterocycles. The lowest BCUT2D eigenvalue weighted by Gasteiger charge is -2.23. The van der Waals surface area contributed by atoms with Crippen molar-refractivity contribution in [3.05, 3.63) is 285 Å². The van der Waals surface area contributed by atoms with Crippen LogP contribution in [0.5, 0.6) is 0 Å². The van der Waals surface area contributed by atoms with Gasteiger partial charge in [-0.2, -0.15) is 44.8 Å². The molecule has 0 radical (unpaired) electrons. The Balaban J connectivity index is 0.000000160. The Morgan fingerprint density at radius 3 is 0.724 bits per heavy atom. The summed E-state index contributed by atoms with van der Waals surface area (Å²) in [5, 5.41) is 18.7. The minimum Gasteiger partial charge on any atom is -0.307 e. The molecule has 0 N–H and O–H groups in total. The summed E-state index contributed by atoms with van der Waals surface area (Å²) in [5.74, 6) is 0. The van der Waals surface area contributed by atoms with E-state index in [0.29, 0.717) is 28.1 Å². The van der Waals surface area contributed by atoms with E-state index < -0.39 is 46.3 Å². The maximum absolute atomic E-state index is 15.3. The van der Waals surface area contributed by atoms with Gasteiger partial charge in [0.05, 0.1) is 95.2 Å². The van der Waals surface area contributed by atoms with Gasteiger partial charge in [0.2, 0.25) is 0 Å². The van der Waals surface area contributed by atoms with E-state index in [0.717, 1.165) is 145 Å². The van der Waals surface area contributed by atoms with Crippen LogP contribution >= 0.6 is 0 Å². The van der Waals surface area contributed by atoms with Crippen LogP contribution in [0, 0.1) is 66.7 Å². The number of halogens is 9. The number of rotatable bonds is 6. The molecule has 0 spiro atoms. The lowest BCUT2D eigenvalue weighted by Crippen LogP contribution is -2.14. The molecule has 0 amide bonds. The molecule has 16 aromatic rings. The summed E-state index contributed by atoms with van der Waals surface area (Å²) in [6.45, 7) is 16.3. The summed E-state index contributed by atoms with van der Waals surface area (Å²) >= 11 is 0. The highest BCUT2D eigenvalue weighted by atomic mass is 19.4. The van der Waals surface area contributed by atoms with E-state index in [1.807, 2.05) is 134 Å². The maximum atomic E-state index is 15.3. The molecular weight excluding hydrogens is 1250 g/mol. The zero-order chi connectivity index (χ0) is 68.8. The molecule has 0 saturated carbocycles. The van der Waals surface area contributed by atoms with Crippen LogP contribution < -0.4 is 0 Å². The van der Waals surface area contributed by atoms with Gasteiger partial charge in [-0.1, -0.05) is 133 Å². The van der Waals surface area contributed by atoms with E-state index in [2.05, 4.69) is 91.4 Å². The van der Waals surface area contributed by atoms with Gasteiger partial charge in [0, 0.05) is 48.7 Å². The van der Waals surface area contributed by atoms with Crippen molar-refractivity contribution in [2.24, 2.45) is 0 Å². The molecule has 0 saturated heterocycles. The Kier molecular flexibility index (Phi) is 14.7. The molecule has 0 fully saturated rings. The summed E-state index contributed by atoms with van der Waals surface area (Å²) in [7, 11) is 0. The largest absolute Gasteiger partial charge is 0.417 e. The number of hydrogen-bond donors (Lipinski definition) is 0. The zero-order valence-corrected chi connectivity index (χ0v) is 54.4. The minimum absolute atomic E-state index is 0.0311. The second kappa shape index (κ2) is 22.9. The first-order valence-electron chi connectivity index (χ1n) is 32.0. The van der Waals surface area contributed by atoms with Gasteiger partial charge >= 0.3 is 18.5 Å². The third-order valence-electron chi connectivity index (χ3n) is 19.6. The van der Waals surface area contributed by atoms with Crippen LogP contribution in [0.2, 0.25) is 0 Å². The van der Waals surface area contributed by atoms with Crippen LogP contribution in [0.15, 0.2) is 218 Å². The van der Waals surface area contributed by atoms with E-state index in [4.69, 9.17) is 0 Å². The third-order valence-corrected chi connectivity index (χ3v) is 19.6. The second-order valence-electron chi connectivity index (χ2n) is 25.6. The average molecular weight is 1310 g/mol. The molecule has 12 aromatic carbocycles. The Morgan fingerprint density at radius 1 is 0.245 bits per heavy atom. The van der Waals surface area contributed by atoms with Crippen molar-refractivity contribution in [3.63, 3.8) is 0 Å². The quantitative estimate of drug-likeness (QED) is 0.153. The predicted molar refractivity (Wildman–Crippen MR) is 379 cm³/mol. The summed E-state index contributed by atoms with van der Waals surface area (Å²) in [6, 6.07) is 65.8. The predicted octanol–water partition coefficient (Wildman–Crippen LogP) is 24.5. The van der Waals surface area contributed by atoms with Crippen molar-refractivity contribution in [3.8, 4) is 51.1 Å². The summed E-state index contributed by atoms with van der Waals surface area (Å²) in [5.41, 5.74) is 13.1. The number of aromatic nitrogens is 4. The molecule has 0 atom stereocenters. The average Bonchev–Trinajstić information content (AvgIpc) is 1.54. The van der Waals surface area contributed by atoms with Gasteiger partial charge in [-0.3, -0.25) is 0 Å². The van der Waals surface area contributed by atoms with Crippen molar-refractivity contribution >= 4 is 87.2 Å². The maximum Gasteiger partial charge on any atom is 0.417 e. The molecule has 14 heteroatoms. The number of alkyl halides is 9. The van der Waals surface area contributed by atoms with Crippen LogP contribution in [0.3, 0.4) is 0 Å². The Hall–Kier alpha value is -11.3. The van der Waals surface area contributed by atoms with Crippen molar-refractivity contribution in [2.75, 3.05) is 0 Å². The molecule has 4 heterocycles. The zero-order valence-electron chi connectivity index (χ0n) is 54.4. The van der Waals surface area contributed by atoms with E-state index in [-0.39, 0.29) is 22.4 Å².